The molecule has 2 atom stereocenters. The second-order valence-corrected chi connectivity index (χ2v) is 22.1. The van der Waals surface area contributed by atoms with E-state index in [-0.39, 0.29) is 55.7 Å². The van der Waals surface area contributed by atoms with Crippen LogP contribution in [-0.4, -0.2) is 17.8 Å². The molecule has 11 nitrogen and oxygen atoms in total. The molecule has 0 fully saturated rings. The summed E-state index contributed by atoms with van der Waals surface area (Å²) in [6.07, 6.45) is 0. The summed E-state index contributed by atoms with van der Waals surface area (Å²) in [5, 5.41) is 12.3. The number of fused-ring (bicyclic) bond motifs is 8. The lowest BCUT2D eigenvalue weighted by molar-refractivity contribution is 0.0908. The Morgan fingerprint density at radius 1 is 0.382 bits per heavy atom. The van der Waals surface area contributed by atoms with Crippen molar-refractivity contribution in [3.63, 3.8) is 0 Å². The molecule has 0 radical (unpaired) electrons. The third-order valence-electron chi connectivity index (χ3n) is 12.7. The molecule has 350 valence electrons. The van der Waals surface area contributed by atoms with Crippen molar-refractivity contribution >= 4 is 51.2 Å². The van der Waals surface area contributed by atoms with E-state index in [0.717, 1.165) is 33.4 Å². The zero-order valence-corrected chi connectivity index (χ0v) is 40.9. The third kappa shape index (κ3) is 9.61. The van der Waals surface area contributed by atoms with Crippen LogP contribution < -0.4 is 32.1 Å². The van der Waals surface area contributed by atoms with Crippen molar-refractivity contribution in [2.24, 2.45) is 0 Å². The smallest absolute Gasteiger partial charge is 0.323 e. The molecule has 2 aromatic heterocycles. The number of anilines is 2. The van der Waals surface area contributed by atoms with E-state index < -0.39 is 51.6 Å². The lowest BCUT2D eigenvalue weighted by Crippen LogP contribution is -2.31. The maximum Gasteiger partial charge on any atom is 0.323 e. The molecule has 4 N–H and O–H groups in total. The van der Waals surface area contributed by atoms with E-state index in [1.54, 1.807) is 24.3 Å². The molecule has 0 saturated carbocycles. The van der Waals surface area contributed by atoms with Crippen molar-refractivity contribution in [3.05, 3.63) is 186 Å². The van der Waals surface area contributed by atoms with E-state index in [4.69, 9.17) is 8.83 Å². The highest BCUT2D eigenvalue weighted by Crippen LogP contribution is 2.36. The number of carbonyl (C=O) groups excluding carboxylic acids is 3. The van der Waals surface area contributed by atoms with Crippen molar-refractivity contribution in [2.45, 2.75) is 117 Å². The summed E-state index contributed by atoms with van der Waals surface area (Å²) >= 11 is 0. The van der Waals surface area contributed by atoms with Gasteiger partial charge in [0.15, 0.2) is 33.5 Å². The minimum Gasteiger partial charge on any atom is -0.448 e. The van der Waals surface area contributed by atoms with E-state index in [0.29, 0.717) is 11.1 Å². The number of rotatable bonds is 2. The molecule has 7 aromatic rings. The summed E-state index contributed by atoms with van der Waals surface area (Å²) < 4.78 is 12.7. The normalized spacial score (nSPS) is 16.3. The first kappa shape index (κ1) is 47.2. The van der Waals surface area contributed by atoms with Gasteiger partial charge in [0.1, 0.15) is 0 Å². The van der Waals surface area contributed by atoms with Crippen molar-refractivity contribution in [1.82, 2.24) is 10.6 Å². The quantitative estimate of drug-likeness (QED) is 0.134. The SMILES string of the molecule is CC(C)(C)c1ccc(C2NC(=O)c3cc(=O)c4cc(C(C)(C)C)cc(c4o3)NC(=O)Nc3cc(C(C)(C)C)cc4c(=O)cc(oc34)C(=O)NC(c3ccc(C(C)(C)C)cc3)c3ccc2cc3)cc1. The van der Waals surface area contributed by atoms with Gasteiger partial charge in [-0.15, -0.1) is 0 Å². The second kappa shape index (κ2) is 17.1. The Morgan fingerprint density at radius 3 is 0.971 bits per heavy atom. The summed E-state index contributed by atoms with van der Waals surface area (Å²) in [6, 6.07) is 30.6. The van der Waals surface area contributed by atoms with Gasteiger partial charge in [0, 0.05) is 12.1 Å². The molecule has 2 unspecified atom stereocenters. The highest BCUT2D eigenvalue weighted by Gasteiger charge is 2.28. The largest absolute Gasteiger partial charge is 0.448 e. The Hall–Kier alpha value is -7.27. The van der Waals surface area contributed by atoms with Crippen LogP contribution in [0, 0.1) is 0 Å². The number of benzene rings is 5. The van der Waals surface area contributed by atoms with Gasteiger partial charge in [0.05, 0.1) is 34.2 Å². The molecular formula is C57H60N4O7. The number of carbonyl (C=O) groups is 3. The molecule has 2 aliphatic rings. The van der Waals surface area contributed by atoms with Crippen LogP contribution >= 0.6 is 0 Å². The second-order valence-electron chi connectivity index (χ2n) is 22.1. The summed E-state index contributed by atoms with van der Waals surface area (Å²) in [5.74, 6) is -1.82. The third-order valence-corrected chi connectivity index (χ3v) is 12.7. The molecule has 4 heterocycles. The van der Waals surface area contributed by atoms with Crippen LogP contribution in [-0.2, 0) is 21.7 Å². The van der Waals surface area contributed by atoms with E-state index in [9.17, 15) is 24.0 Å². The Balaban J connectivity index is 1.35. The lowest BCUT2D eigenvalue weighted by Gasteiger charge is -2.25. The summed E-state index contributed by atoms with van der Waals surface area (Å²) in [5.41, 5.74) is 4.75. The van der Waals surface area contributed by atoms with E-state index in [2.05, 4.69) is 62.8 Å². The fraction of sp³-hybridized carbons (Fsp3) is 0.316. The van der Waals surface area contributed by atoms with Crippen LogP contribution in [0.4, 0.5) is 16.2 Å². The standard InChI is InChI=1S/C57H60N4O7/c1-54(2,3)35-21-17-33(18-22-35)47-31-13-15-32(16-14-31)48(34-19-23-36(24-20-34)55(4,5)6)61-52(65)46-30-44(63)40-26-38(57(10,11)12)28-42(50(40)68-46)59-53(66)58-41-27-37(56(7,8)9)25-39-43(62)29-45(51(64)60-47)67-49(39)41/h13-30,47-48H,1-12H3,(H,60,64)(H,61,65)(H2,58,59,66). The van der Waals surface area contributed by atoms with E-state index in [1.165, 1.54) is 12.1 Å². The molecule has 0 saturated heterocycles. The van der Waals surface area contributed by atoms with Crippen LogP contribution in [0.15, 0.2) is 128 Å². The number of nitrogens with one attached hydrogen (secondary N) is 4. The van der Waals surface area contributed by atoms with Crippen LogP contribution in [0.25, 0.3) is 21.9 Å². The first-order chi connectivity index (χ1) is 31.7. The maximum atomic E-state index is 14.5. The molecular weight excluding hydrogens is 853 g/mol. The zero-order valence-electron chi connectivity index (χ0n) is 40.9. The van der Waals surface area contributed by atoms with Crippen LogP contribution in [0.2, 0.25) is 0 Å². The number of hydrogen-bond acceptors (Lipinski definition) is 7. The summed E-state index contributed by atoms with van der Waals surface area (Å²) in [4.78, 5) is 71.5. The molecule has 4 amide bonds. The minimum absolute atomic E-state index is 0.00695. The lowest BCUT2D eigenvalue weighted by atomic mass is 9.85. The Kier molecular flexibility index (Phi) is 11.9. The predicted octanol–water partition coefficient (Wildman–Crippen LogP) is 12.1. The van der Waals surface area contributed by atoms with Gasteiger partial charge in [-0.3, -0.25) is 19.2 Å². The molecule has 9 rings (SSSR count). The average molecular weight is 913 g/mol. The highest BCUT2D eigenvalue weighted by atomic mass is 16.4. The van der Waals surface area contributed by atoms with Crippen molar-refractivity contribution in [2.75, 3.05) is 10.6 Å². The van der Waals surface area contributed by atoms with Gasteiger partial charge < -0.3 is 30.1 Å². The monoisotopic (exact) mass is 912 g/mol. The van der Waals surface area contributed by atoms with E-state index in [1.807, 2.05) is 114 Å². The Labute approximate surface area is 396 Å². The summed E-state index contributed by atoms with van der Waals surface area (Å²) in [6.45, 7) is 24.6. The van der Waals surface area contributed by atoms with Crippen molar-refractivity contribution < 1.29 is 23.2 Å². The van der Waals surface area contributed by atoms with Crippen LogP contribution in [0.1, 0.15) is 161 Å². The first-order valence-electron chi connectivity index (χ1n) is 23.0. The predicted molar refractivity (Wildman–Crippen MR) is 270 cm³/mol. The van der Waals surface area contributed by atoms with Crippen LogP contribution in [0.5, 0.6) is 0 Å². The van der Waals surface area contributed by atoms with Gasteiger partial charge in [-0.1, -0.05) is 156 Å². The van der Waals surface area contributed by atoms with Gasteiger partial charge in [-0.25, -0.2) is 4.79 Å². The van der Waals surface area contributed by atoms with Crippen LogP contribution in [0.3, 0.4) is 0 Å². The zero-order chi connectivity index (χ0) is 49.2. The highest BCUT2D eigenvalue weighted by molar-refractivity contribution is 6.08. The average Bonchev–Trinajstić information content (AvgIpc) is 3.26. The molecule has 68 heavy (non-hydrogen) atoms. The molecule has 6 bridgehead atoms. The van der Waals surface area contributed by atoms with Gasteiger partial charge >= 0.3 is 6.03 Å². The molecule has 2 aliphatic heterocycles. The van der Waals surface area contributed by atoms with Gasteiger partial charge in [0.2, 0.25) is 0 Å². The van der Waals surface area contributed by atoms with Gasteiger partial charge in [-0.05, 0) is 90.4 Å². The minimum atomic E-state index is -0.760. The van der Waals surface area contributed by atoms with Gasteiger partial charge in [0.25, 0.3) is 11.8 Å². The van der Waals surface area contributed by atoms with Gasteiger partial charge in [-0.2, -0.15) is 0 Å². The molecule has 0 aliphatic carbocycles. The van der Waals surface area contributed by atoms with Crippen molar-refractivity contribution in [1.29, 1.82) is 0 Å². The Morgan fingerprint density at radius 2 is 0.676 bits per heavy atom. The fourth-order valence-corrected chi connectivity index (χ4v) is 8.42. The number of urea groups is 1. The van der Waals surface area contributed by atoms with E-state index >= 15 is 0 Å². The first-order valence-corrected chi connectivity index (χ1v) is 23.0. The number of hydrogen-bond donors (Lipinski definition) is 4. The topological polar surface area (TPSA) is 160 Å². The fourth-order valence-electron chi connectivity index (χ4n) is 8.42. The molecule has 11 heteroatoms. The molecule has 5 aromatic carbocycles. The number of amides is 4. The summed E-state index contributed by atoms with van der Waals surface area (Å²) in [7, 11) is 0. The van der Waals surface area contributed by atoms with Crippen molar-refractivity contribution in [3.8, 4) is 0 Å². The molecule has 0 spiro atoms. The Bertz CT molecular complexity index is 3030. The maximum absolute atomic E-state index is 14.5.